The molecule has 2 aromatic carbocycles. The summed E-state index contributed by atoms with van der Waals surface area (Å²) in [5, 5.41) is 51.6. The van der Waals surface area contributed by atoms with Crippen LogP contribution < -0.4 is 5.32 Å². The van der Waals surface area contributed by atoms with Crippen LogP contribution in [0.5, 0.6) is 0 Å². The van der Waals surface area contributed by atoms with E-state index in [1.165, 1.54) is 26.0 Å². The number of alkyl carbamates (subject to hydrolysis) is 1. The Balaban J connectivity index is 1.49. The molecule has 0 spiro atoms. The lowest BCUT2D eigenvalue weighted by Gasteiger charge is -2.67. The fourth-order valence-corrected chi connectivity index (χ4v) is 9.56. The molecule has 58 heavy (non-hydrogen) atoms. The quantitative estimate of drug-likeness (QED) is 0.147. The van der Waals surface area contributed by atoms with Crippen LogP contribution in [-0.4, -0.2) is 110 Å². The van der Waals surface area contributed by atoms with Gasteiger partial charge in [-0.05, 0) is 63.5 Å². The highest BCUT2D eigenvalue weighted by molar-refractivity contribution is 5.94. The number of amides is 1. The summed E-state index contributed by atoms with van der Waals surface area (Å²) in [5.74, 6) is -5.36. The number of ketones is 1. The zero-order valence-corrected chi connectivity index (χ0v) is 33.9. The summed E-state index contributed by atoms with van der Waals surface area (Å²) in [6.45, 7) is 11.8. The van der Waals surface area contributed by atoms with E-state index < -0.39 is 112 Å². The van der Waals surface area contributed by atoms with Gasteiger partial charge in [-0.2, -0.15) is 0 Å². The summed E-state index contributed by atoms with van der Waals surface area (Å²) in [5.41, 5.74) is -8.14. The van der Waals surface area contributed by atoms with E-state index in [0.29, 0.717) is 5.56 Å². The molecule has 2 bridgehead atoms. The highest BCUT2D eigenvalue weighted by atomic mass is 16.6. The van der Waals surface area contributed by atoms with Gasteiger partial charge in [-0.25, -0.2) is 14.4 Å². The van der Waals surface area contributed by atoms with Crippen molar-refractivity contribution in [1.29, 1.82) is 0 Å². The first-order valence-corrected chi connectivity index (χ1v) is 19.3. The molecule has 0 aromatic heterocycles. The van der Waals surface area contributed by atoms with Gasteiger partial charge in [-0.15, -0.1) is 0 Å². The lowest BCUT2D eigenvalue weighted by molar-refractivity contribution is -0.346. The van der Waals surface area contributed by atoms with E-state index in [4.69, 9.17) is 23.7 Å². The SMILES string of the molecule is CC(=O)O[C@@]12CO[C@H]1C[C@H](O)[C@@]1(C)C(=O)[C@H](O)C3=C(C)[C@@H](OC(=O)C(O)[C@@H](NC(=O)OC(C)(C)C)c4ccccc4)C[C@@](O)([C@@H](OC(=O)c4ccccc4)[C@@H]21)C3(C)C. The van der Waals surface area contributed by atoms with Crippen LogP contribution in [0.15, 0.2) is 71.8 Å². The zero-order valence-electron chi connectivity index (χ0n) is 33.9. The topological polar surface area (TPSA) is 224 Å². The van der Waals surface area contributed by atoms with E-state index in [2.05, 4.69) is 5.32 Å². The average molecular weight is 808 g/mol. The second kappa shape index (κ2) is 15.2. The summed E-state index contributed by atoms with van der Waals surface area (Å²) in [6, 6.07) is 14.6. The number of hydrogen-bond donors (Lipinski definition) is 5. The molecule has 314 valence electrons. The Hall–Kier alpha value is -4.67. The lowest BCUT2D eigenvalue weighted by atomic mass is 9.44. The van der Waals surface area contributed by atoms with E-state index in [1.54, 1.807) is 83.1 Å². The second-order valence-corrected chi connectivity index (χ2v) is 17.6. The van der Waals surface area contributed by atoms with Gasteiger partial charge in [0, 0.05) is 25.2 Å². The fourth-order valence-electron chi connectivity index (χ4n) is 9.56. The minimum atomic E-state index is -2.35. The number of ether oxygens (including phenoxy) is 5. The van der Waals surface area contributed by atoms with Crippen molar-refractivity contribution in [2.75, 3.05) is 6.61 Å². The smallest absolute Gasteiger partial charge is 0.408 e. The standard InChI is InChI=1S/C43H53NO14/c1-22-26(55-37(51)32(48)30(24-15-11-9-12-16-24)44-38(52)58-39(3,4)5)20-43(53)35(56-36(50)25-17-13-10-14-18-25)33-41(8,34(49)31(47)29(22)40(43,6)7)27(46)19-28-42(33,21-54-28)57-23(2)45/h9-18,26-28,30-33,35,46-48,53H,19-21H2,1-8H3,(H,44,52)/t26-,27-,28-,30-,31+,32?,33+,35-,41+,42-,43+/m0/s1. The predicted molar refractivity (Wildman–Crippen MR) is 204 cm³/mol. The van der Waals surface area contributed by atoms with Crippen molar-refractivity contribution >= 4 is 29.8 Å². The molecule has 6 rings (SSSR count). The molecule has 15 heteroatoms. The third-order valence-electron chi connectivity index (χ3n) is 12.6. The molecule has 1 aliphatic heterocycles. The Kier molecular flexibility index (Phi) is 11.2. The maximum Gasteiger partial charge on any atom is 0.408 e. The van der Waals surface area contributed by atoms with Crippen LogP contribution in [0.2, 0.25) is 0 Å². The predicted octanol–water partition coefficient (Wildman–Crippen LogP) is 3.26. The summed E-state index contributed by atoms with van der Waals surface area (Å²) < 4.78 is 29.5. The van der Waals surface area contributed by atoms with Crippen LogP contribution in [-0.2, 0) is 38.1 Å². The average Bonchev–Trinajstić information content (AvgIpc) is 3.14. The van der Waals surface area contributed by atoms with Gasteiger partial charge in [0.25, 0.3) is 0 Å². The van der Waals surface area contributed by atoms with Crippen molar-refractivity contribution < 1.29 is 68.1 Å². The third kappa shape index (κ3) is 7.10. The first kappa shape index (κ1) is 42.9. The van der Waals surface area contributed by atoms with E-state index >= 15 is 0 Å². The molecule has 1 saturated heterocycles. The molecule has 3 aliphatic carbocycles. The van der Waals surface area contributed by atoms with E-state index in [0.717, 1.165) is 6.92 Å². The first-order valence-electron chi connectivity index (χ1n) is 19.3. The number of Topliss-reactive ketones (excluding diaryl/α,β-unsaturated/α-hetero) is 1. The van der Waals surface area contributed by atoms with Gasteiger partial charge in [0.05, 0.1) is 35.6 Å². The van der Waals surface area contributed by atoms with E-state index in [1.807, 2.05) is 0 Å². The van der Waals surface area contributed by atoms with Crippen molar-refractivity contribution in [2.45, 2.75) is 128 Å². The van der Waals surface area contributed by atoms with Crippen LogP contribution in [0.3, 0.4) is 0 Å². The molecule has 5 N–H and O–H groups in total. The number of nitrogens with one attached hydrogen (secondary N) is 1. The number of aliphatic hydroxyl groups excluding tert-OH is 3. The number of aliphatic hydroxyl groups is 4. The van der Waals surface area contributed by atoms with Gasteiger partial charge in [0.2, 0.25) is 0 Å². The number of esters is 3. The van der Waals surface area contributed by atoms with Gasteiger partial charge >= 0.3 is 24.0 Å². The second-order valence-electron chi connectivity index (χ2n) is 17.6. The van der Waals surface area contributed by atoms with Crippen LogP contribution in [0, 0.1) is 16.7 Å². The van der Waals surface area contributed by atoms with Crippen molar-refractivity contribution in [3.63, 3.8) is 0 Å². The number of rotatable bonds is 8. The van der Waals surface area contributed by atoms with Crippen molar-refractivity contribution in [2.24, 2.45) is 16.7 Å². The van der Waals surface area contributed by atoms with Gasteiger partial charge in [-0.1, -0.05) is 62.4 Å². The van der Waals surface area contributed by atoms with E-state index in [9.17, 15) is 44.4 Å². The van der Waals surface area contributed by atoms with Crippen LogP contribution in [0.4, 0.5) is 4.79 Å². The Bertz CT molecular complexity index is 1980. The molecular weight excluding hydrogens is 754 g/mol. The summed E-state index contributed by atoms with van der Waals surface area (Å²) in [4.78, 5) is 68.9. The minimum absolute atomic E-state index is 0.0637. The zero-order chi connectivity index (χ0) is 42.7. The molecule has 4 aliphatic rings. The normalized spacial score (nSPS) is 33.7. The Labute approximate surface area is 336 Å². The summed E-state index contributed by atoms with van der Waals surface area (Å²) in [6.07, 6.45) is -11.5. The molecule has 0 radical (unpaired) electrons. The van der Waals surface area contributed by atoms with Crippen LogP contribution in [0.25, 0.3) is 0 Å². The van der Waals surface area contributed by atoms with Gasteiger partial charge in [0.15, 0.2) is 17.5 Å². The number of hydrogen-bond acceptors (Lipinski definition) is 14. The molecule has 3 fully saturated rings. The lowest BCUT2D eigenvalue weighted by Crippen LogP contribution is -2.81. The monoisotopic (exact) mass is 807 g/mol. The van der Waals surface area contributed by atoms with Crippen LogP contribution >= 0.6 is 0 Å². The largest absolute Gasteiger partial charge is 0.456 e. The van der Waals surface area contributed by atoms with Crippen molar-refractivity contribution in [1.82, 2.24) is 5.32 Å². The fraction of sp³-hybridized carbons (Fsp3) is 0.558. The Morgan fingerprint density at radius 2 is 1.55 bits per heavy atom. The minimum Gasteiger partial charge on any atom is -0.456 e. The maximum absolute atomic E-state index is 14.9. The molecule has 1 amide bonds. The number of benzene rings is 2. The Morgan fingerprint density at radius 1 is 0.948 bits per heavy atom. The van der Waals surface area contributed by atoms with Crippen LogP contribution in [0.1, 0.15) is 90.2 Å². The van der Waals surface area contributed by atoms with Gasteiger partial charge in [-0.3, -0.25) is 9.59 Å². The Morgan fingerprint density at radius 3 is 2.10 bits per heavy atom. The van der Waals surface area contributed by atoms with Crippen molar-refractivity contribution in [3.8, 4) is 0 Å². The molecule has 15 nitrogen and oxygen atoms in total. The van der Waals surface area contributed by atoms with Gasteiger partial charge < -0.3 is 49.4 Å². The molecular formula is C43H53NO14. The van der Waals surface area contributed by atoms with Crippen molar-refractivity contribution in [3.05, 3.63) is 82.9 Å². The third-order valence-corrected chi connectivity index (χ3v) is 12.6. The highest BCUT2D eigenvalue weighted by Gasteiger charge is 2.78. The molecule has 1 heterocycles. The molecule has 1 unspecified atom stereocenters. The van der Waals surface area contributed by atoms with E-state index in [-0.39, 0.29) is 29.7 Å². The summed E-state index contributed by atoms with van der Waals surface area (Å²) in [7, 11) is 0. The molecule has 11 atom stereocenters. The molecule has 2 saturated carbocycles. The highest BCUT2D eigenvalue weighted by Crippen LogP contribution is 2.64. The number of carbonyl (C=O) groups is 5. The molecule has 2 aromatic rings. The first-order chi connectivity index (χ1) is 27.0. The maximum atomic E-state index is 14.9. The number of fused-ring (bicyclic) bond motifs is 5. The number of carbonyl (C=O) groups excluding carboxylic acids is 5. The van der Waals surface area contributed by atoms with Gasteiger partial charge in [0.1, 0.15) is 35.6 Å². The summed E-state index contributed by atoms with van der Waals surface area (Å²) >= 11 is 0.